The van der Waals surface area contributed by atoms with Gasteiger partial charge in [-0.3, -0.25) is 4.79 Å². The summed E-state index contributed by atoms with van der Waals surface area (Å²) in [5.41, 5.74) is 5.83. The minimum atomic E-state index is -0.872. The van der Waals surface area contributed by atoms with Crippen LogP contribution in [0.5, 0.6) is 5.75 Å². The number of carbonyl (C=O) groups is 2. The van der Waals surface area contributed by atoms with Gasteiger partial charge in [-0.1, -0.05) is 22.5 Å². The van der Waals surface area contributed by atoms with Crippen LogP contribution in [0.3, 0.4) is 0 Å². The lowest BCUT2D eigenvalue weighted by Crippen LogP contribution is -2.52. The number of nitrogens with two attached hydrogens (primary N) is 1. The molecule has 4 aromatic rings. The number of piperidine rings is 1. The summed E-state index contributed by atoms with van der Waals surface area (Å²) in [6.45, 7) is 0.637. The Balaban J connectivity index is 1.25. The molecule has 7 rings (SSSR count). The van der Waals surface area contributed by atoms with Crippen molar-refractivity contribution in [1.82, 2.24) is 24.8 Å². The molecule has 0 saturated carbocycles. The lowest BCUT2D eigenvalue weighted by atomic mass is 9.79. The summed E-state index contributed by atoms with van der Waals surface area (Å²) in [5.74, 6) is -2.38. The number of thiophene rings is 1. The Kier molecular flexibility index (Phi) is 7.43. The van der Waals surface area contributed by atoms with Crippen LogP contribution in [0.2, 0.25) is 5.02 Å². The summed E-state index contributed by atoms with van der Waals surface area (Å²) in [6.07, 6.45) is 2.10. The zero-order chi connectivity index (χ0) is 33.1. The first-order valence-corrected chi connectivity index (χ1v) is 15.7. The number of nitrogens with zero attached hydrogens (tertiary/aromatic N) is 8. The number of ether oxygens (including phenoxy) is 1. The topological polar surface area (TPSA) is 178 Å². The van der Waals surface area contributed by atoms with Crippen molar-refractivity contribution in [2.24, 2.45) is 11.8 Å². The molecule has 0 aliphatic carbocycles. The maximum absolute atomic E-state index is 16.1. The second kappa shape index (κ2) is 11.5. The van der Waals surface area contributed by atoms with Crippen LogP contribution in [0, 0.1) is 57.5 Å². The van der Waals surface area contributed by atoms with E-state index < -0.39 is 29.6 Å². The van der Waals surface area contributed by atoms with Crippen molar-refractivity contribution in [2.75, 3.05) is 25.4 Å². The molecule has 2 fully saturated rings. The van der Waals surface area contributed by atoms with Crippen molar-refractivity contribution in [3.63, 3.8) is 0 Å². The Morgan fingerprint density at radius 1 is 1.17 bits per heavy atom. The molecule has 2 amide bonds. The first-order chi connectivity index (χ1) is 22.7. The smallest absolute Gasteiger partial charge is 0.362 e. The van der Waals surface area contributed by atoms with Gasteiger partial charge in [-0.15, -0.1) is 16.4 Å². The fourth-order valence-corrected chi connectivity index (χ4v) is 8.47. The Bertz CT molecular complexity index is 2130. The van der Waals surface area contributed by atoms with Crippen LogP contribution in [-0.4, -0.2) is 68.5 Å². The van der Waals surface area contributed by atoms with E-state index in [-0.39, 0.29) is 91.3 Å². The molecular weight excluding hydrogens is 652 g/mol. The maximum Gasteiger partial charge on any atom is 0.362 e. The predicted molar refractivity (Wildman–Crippen MR) is 164 cm³/mol. The van der Waals surface area contributed by atoms with Crippen molar-refractivity contribution in [2.45, 2.75) is 31.3 Å². The third-order valence-corrected chi connectivity index (χ3v) is 10.6. The molecule has 12 nitrogen and oxygen atoms in total. The van der Waals surface area contributed by atoms with E-state index in [9.17, 15) is 24.5 Å². The van der Waals surface area contributed by atoms with Gasteiger partial charge in [0.15, 0.2) is 11.4 Å². The molecule has 2 aromatic carbocycles. The molecule has 3 aliphatic rings. The first kappa shape index (κ1) is 30.4. The molecule has 4 unspecified atom stereocenters. The number of carbonyl (C=O) groups excluding carboxylic acids is 2. The van der Waals surface area contributed by atoms with Gasteiger partial charge < -0.3 is 20.3 Å². The van der Waals surface area contributed by atoms with Gasteiger partial charge in [0.2, 0.25) is 0 Å². The molecule has 2 N–H and O–H groups in total. The summed E-state index contributed by atoms with van der Waals surface area (Å²) >= 11 is 7.67. The average Bonchev–Trinajstić information content (AvgIpc) is 3.77. The minimum absolute atomic E-state index is 0.000578. The highest BCUT2D eigenvalue weighted by Crippen LogP contribution is 2.48. The van der Waals surface area contributed by atoms with Crippen LogP contribution >= 0.6 is 22.9 Å². The van der Waals surface area contributed by atoms with E-state index in [0.717, 1.165) is 28.3 Å². The molecule has 5 heterocycles. The number of benzene rings is 2. The summed E-state index contributed by atoms with van der Waals surface area (Å²) in [6, 6.07) is 8.00. The monoisotopic (exact) mass is 673 g/mol. The summed E-state index contributed by atoms with van der Waals surface area (Å²) in [4.78, 5) is 31.5. The molecule has 0 radical (unpaired) electrons. The third kappa shape index (κ3) is 4.72. The van der Waals surface area contributed by atoms with Crippen LogP contribution in [0.25, 0.3) is 21.2 Å². The largest absolute Gasteiger partial charge is 0.491 e. The number of hydrogen-bond donors (Lipinski definition) is 1. The van der Waals surface area contributed by atoms with E-state index in [1.54, 1.807) is 4.90 Å². The molecule has 47 heavy (non-hydrogen) atoms. The Labute approximate surface area is 274 Å². The minimum Gasteiger partial charge on any atom is -0.491 e. The van der Waals surface area contributed by atoms with E-state index >= 15 is 4.39 Å². The molecule has 4 atom stereocenters. The second-order valence-corrected chi connectivity index (χ2v) is 13.0. The molecule has 3 aliphatic heterocycles. The van der Waals surface area contributed by atoms with Gasteiger partial charge >= 0.3 is 6.03 Å². The van der Waals surface area contributed by atoms with Crippen molar-refractivity contribution in [3.05, 3.63) is 57.9 Å². The highest BCUT2D eigenvalue weighted by atomic mass is 35.5. The van der Waals surface area contributed by atoms with Crippen LogP contribution in [0.4, 0.5) is 18.6 Å². The van der Waals surface area contributed by atoms with E-state index in [0.29, 0.717) is 19.4 Å². The highest BCUT2D eigenvalue weighted by molar-refractivity contribution is 7.23. The lowest BCUT2D eigenvalue weighted by molar-refractivity contribution is 0.0354. The van der Waals surface area contributed by atoms with E-state index in [4.69, 9.17) is 27.3 Å². The molecule has 16 heteroatoms. The van der Waals surface area contributed by atoms with Crippen molar-refractivity contribution >= 4 is 50.0 Å². The van der Waals surface area contributed by atoms with Gasteiger partial charge in [-0.05, 0) is 30.0 Å². The maximum atomic E-state index is 16.1. The van der Waals surface area contributed by atoms with Crippen LogP contribution < -0.4 is 10.5 Å². The molecule has 0 bridgehead atoms. The van der Waals surface area contributed by atoms with E-state index in [1.165, 1.54) is 17.2 Å². The first-order valence-electron chi connectivity index (χ1n) is 14.5. The number of nitrogen functional groups attached to an aromatic ring is 1. The number of nitriles is 3. The zero-order valence-corrected chi connectivity index (χ0v) is 25.9. The van der Waals surface area contributed by atoms with Crippen molar-refractivity contribution in [1.29, 1.82) is 15.8 Å². The lowest BCUT2D eigenvalue weighted by Gasteiger charge is -2.43. The quantitative estimate of drug-likeness (QED) is 0.309. The second-order valence-electron chi connectivity index (χ2n) is 11.6. The summed E-state index contributed by atoms with van der Waals surface area (Å²) in [7, 11) is 0. The van der Waals surface area contributed by atoms with Crippen LogP contribution in [0.15, 0.2) is 24.4 Å². The zero-order valence-electron chi connectivity index (χ0n) is 24.3. The summed E-state index contributed by atoms with van der Waals surface area (Å²) < 4.78 is 36.9. The van der Waals surface area contributed by atoms with Gasteiger partial charge in [0, 0.05) is 42.4 Å². The molecular formula is C31H22ClF2N9O3S. The molecule has 2 aromatic heterocycles. The highest BCUT2D eigenvalue weighted by Gasteiger charge is 2.50. The fourth-order valence-electron chi connectivity index (χ4n) is 7.17. The SMILES string of the molecule is N#CCC1C2CN3C(=O)c4cc(F)c(-c5ccc(F)c6sc(N)c(C#N)c56)c(Cl)c4OCCC3CC2CN1C(=O)n1ncc(C#N)n1. The van der Waals surface area contributed by atoms with Gasteiger partial charge in [0.1, 0.15) is 28.8 Å². The van der Waals surface area contributed by atoms with E-state index in [2.05, 4.69) is 16.3 Å². The van der Waals surface area contributed by atoms with Crippen molar-refractivity contribution in [3.8, 4) is 35.1 Å². The standard InChI is InChI=1S/C31H22ClF2N9O3S/c32-26-25(17-1-2-21(33)28-24(17)19(10-37)29(38)47-28)22(34)8-18-27(26)46-6-4-16-7-14-12-42(31(45)43-39-11-15(9-36)40-43)23(3-5-35)20(14)13-41(16)30(18)44/h1-2,8,11,14,16,20,23H,3-4,6-7,12-13,38H2. The van der Waals surface area contributed by atoms with Gasteiger partial charge in [0.05, 0.1) is 52.2 Å². The van der Waals surface area contributed by atoms with E-state index in [1.807, 2.05) is 12.1 Å². The molecule has 236 valence electrons. The number of amides is 2. The van der Waals surface area contributed by atoms with Crippen LogP contribution in [-0.2, 0) is 0 Å². The summed E-state index contributed by atoms with van der Waals surface area (Å²) in [5, 5.41) is 36.3. The molecule has 0 spiro atoms. The number of anilines is 1. The number of likely N-dealkylation sites (tertiary alicyclic amines) is 1. The number of aromatic nitrogens is 3. The fraction of sp³-hybridized carbons (Fsp3) is 0.323. The number of hydrogen-bond acceptors (Lipinski definition) is 10. The Morgan fingerprint density at radius 3 is 2.70 bits per heavy atom. The number of halogens is 3. The third-order valence-electron chi connectivity index (χ3n) is 9.24. The Hall–Kier alpha value is -5.30. The normalized spacial score (nSPS) is 21.8. The molecule has 2 saturated heterocycles. The van der Waals surface area contributed by atoms with Gasteiger partial charge in [-0.25, -0.2) is 13.6 Å². The average molecular weight is 674 g/mol. The predicted octanol–water partition coefficient (Wildman–Crippen LogP) is 4.91. The number of fused-ring (bicyclic) bond motifs is 4. The van der Waals surface area contributed by atoms with Gasteiger partial charge in [0.25, 0.3) is 5.91 Å². The number of rotatable bonds is 2. The van der Waals surface area contributed by atoms with Crippen molar-refractivity contribution < 1.29 is 23.1 Å². The van der Waals surface area contributed by atoms with Gasteiger partial charge in [-0.2, -0.15) is 20.9 Å². The van der Waals surface area contributed by atoms with Crippen LogP contribution in [0.1, 0.15) is 40.9 Å². The Morgan fingerprint density at radius 2 is 1.98 bits per heavy atom.